The number of hydrogen-bond acceptors (Lipinski definition) is 4. The van der Waals surface area contributed by atoms with Crippen LogP contribution in [-0.2, 0) is 0 Å². The highest BCUT2D eigenvalue weighted by Gasteiger charge is 2.60. The molecule has 0 aromatic heterocycles. The van der Waals surface area contributed by atoms with Crippen LogP contribution in [0.2, 0.25) is 0 Å². The summed E-state index contributed by atoms with van der Waals surface area (Å²) in [5.41, 5.74) is 2.33. The molecule has 4 aliphatic rings. The lowest BCUT2D eigenvalue weighted by Crippen LogP contribution is -2.49. The zero-order valence-corrected chi connectivity index (χ0v) is 15.6. The maximum absolute atomic E-state index is 11.2. The van der Waals surface area contributed by atoms with Crippen molar-refractivity contribution in [3.05, 3.63) is 22.8 Å². The van der Waals surface area contributed by atoms with E-state index in [-0.39, 0.29) is 18.3 Å². The number of rotatable bonds is 2. The Morgan fingerprint density at radius 3 is 2.62 bits per heavy atom. The molecule has 2 N–H and O–H groups in total. The van der Waals surface area contributed by atoms with Crippen LogP contribution in [0, 0.1) is 39.9 Å². The minimum atomic E-state index is -0.858. The summed E-state index contributed by atoms with van der Waals surface area (Å²) in [5.74, 6) is 0.914. The molecule has 0 amide bonds. The molecule has 26 heavy (non-hydrogen) atoms. The standard InChI is InChI=1S/C22H28N2O2/c1-20-7-4-17-16-5-8-21(25,10-12-23)14-15(16)2-3-18(17)19(20)6-9-22(20,26)11-13-24/h4,18-19,25-26H,2-3,5-11,14H2,1H3/t18?,19?,20-,21?,22+/m0/s1. The summed E-state index contributed by atoms with van der Waals surface area (Å²) >= 11 is 0. The van der Waals surface area contributed by atoms with Gasteiger partial charge in [-0.15, -0.1) is 0 Å². The van der Waals surface area contributed by atoms with E-state index in [0.29, 0.717) is 24.7 Å². The van der Waals surface area contributed by atoms with Gasteiger partial charge in [0, 0.05) is 5.41 Å². The van der Waals surface area contributed by atoms with Crippen LogP contribution in [0.1, 0.15) is 71.1 Å². The van der Waals surface area contributed by atoms with E-state index in [1.165, 1.54) is 16.7 Å². The van der Waals surface area contributed by atoms with E-state index in [1.54, 1.807) is 0 Å². The van der Waals surface area contributed by atoms with Crippen molar-refractivity contribution in [1.29, 1.82) is 10.5 Å². The van der Waals surface area contributed by atoms with Gasteiger partial charge in [0.1, 0.15) is 0 Å². The van der Waals surface area contributed by atoms with Gasteiger partial charge in [-0.3, -0.25) is 0 Å². The summed E-state index contributed by atoms with van der Waals surface area (Å²) < 4.78 is 0. The monoisotopic (exact) mass is 352 g/mol. The van der Waals surface area contributed by atoms with Gasteiger partial charge in [0.25, 0.3) is 0 Å². The van der Waals surface area contributed by atoms with Gasteiger partial charge in [-0.25, -0.2) is 0 Å². The van der Waals surface area contributed by atoms with Gasteiger partial charge in [0.15, 0.2) is 0 Å². The van der Waals surface area contributed by atoms with E-state index in [2.05, 4.69) is 25.1 Å². The summed E-state index contributed by atoms with van der Waals surface area (Å²) in [6, 6.07) is 4.36. The highest BCUT2D eigenvalue weighted by Crippen LogP contribution is 2.63. The van der Waals surface area contributed by atoms with Crippen LogP contribution in [0.3, 0.4) is 0 Å². The second kappa shape index (κ2) is 5.95. The Labute approximate surface area is 155 Å². The van der Waals surface area contributed by atoms with Gasteiger partial charge in [0.2, 0.25) is 0 Å². The van der Waals surface area contributed by atoms with E-state index in [1.807, 2.05) is 0 Å². The highest BCUT2D eigenvalue weighted by molar-refractivity contribution is 5.45. The molecule has 3 unspecified atom stereocenters. The summed E-state index contributed by atoms with van der Waals surface area (Å²) in [4.78, 5) is 0. The van der Waals surface area contributed by atoms with E-state index < -0.39 is 11.2 Å². The van der Waals surface area contributed by atoms with Gasteiger partial charge < -0.3 is 10.2 Å². The van der Waals surface area contributed by atoms with E-state index in [0.717, 1.165) is 38.5 Å². The molecular formula is C22H28N2O2. The minimum absolute atomic E-state index is 0.203. The summed E-state index contributed by atoms with van der Waals surface area (Å²) in [6.45, 7) is 2.19. The summed E-state index contributed by atoms with van der Waals surface area (Å²) in [7, 11) is 0. The Balaban J connectivity index is 1.66. The van der Waals surface area contributed by atoms with Crippen LogP contribution in [-0.4, -0.2) is 21.4 Å². The Hall–Kier alpha value is -1.62. The third kappa shape index (κ3) is 2.39. The largest absolute Gasteiger partial charge is 0.388 e. The molecular weight excluding hydrogens is 324 g/mol. The number of nitriles is 2. The molecule has 0 aromatic rings. The summed E-state index contributed by atoms with van der Waals surface area (Å²) in [6.07, 6.45) is 9.57. The molecule has 0 spiro atoms. The van der Waals surface area contributed by atoms with E-state index in [9.17, 15) is 15.5 Å². The molecule has 0 aromatic carbocycles. The summed E-state index contributed by atoms with van der Waals surface area (Å²) in [5, 5.41) is 40.1. The topological polar surface area (TPSA) is 88.0 Å². The smallest absolute Gasteiger partial charge is 0.0836 e. The molecule has 4 nitrogen and oxygen atoms in total. The molecule has 0 heterocycles. The lowest BCUT2D eigenvalue weighted by molar-refractivity contribution is -0.0751. The molecule has 1 saturated carbocycles. The fourth-order valence-electron chi connectivity index (χ4n) is 6.49. The Bertz CT molecular complexity index is 770. The molecule has 0 bridgehead atoms. The number of nitrogens with zero attached hydrogens (tertiary/aromatic N) is 2. The lowest BCUT2D eigenvalue weighted by atomic mass is 9.55. The van der Waals surface area contributed by atoms with Crippen molar-refractivity contribution in [3.8, 4) is 12.1 Å². The molecule has 4 aliphatic carbocycles. The molecule has 4 heteroatoms. The SMILES string of the molecule is C[C@]12CC=C3C4=C(CCC3C1CC[C@@]2(O)CC#N)CC(O)(CC#N)CC4. The van der Waals surface area contributed by atoms with Gasteiger partial charge in [-0.2, -0.15) is 10.5 Å². The first-order valence-electron chi connectivity index (χ1n) is 9.96. The van der Waals surface area contributed by atoms with Gasteiger partial charge >= 0.3 is 0 Å². The predicted molar refractivity (Wildman–Crippen MR) is 97.5 cm³/mol. The maximum Gasteiger partial charge on any atom is 0.0836 e. The lowest BCUT2D eigenvalue weighted by Gasteiger charge is -2.50. The van der Waals surface area contributed by atoms with Crippen molar-refractivity contribution in [2.75, 3.05) is 0 Å². The third-order valence-corrected chi connectivity index (χ3v) is 8.08. The zero-order chi connectivity index (χ0) is 18.6. The van der Waals surface area contributed by atoms with Crippen LogP contribution in [0.5, 0.6) is 0 Å². The van der Waals surface area contributed by atoms with E-state index >= 15 is 0 Å². The van der Waals surface area contributed by atoms with Gasteiger partial charge in [-0.05, 0) is 74.3 Å². The maximum atomic E-state index is 11.2. The third-order valence-electron chi connectivity index (χ3n) is 8.08. The first-order chi connectivity index (χ1) is 12.4. The van der Waals surface area contributed by atoms with Crippen LogP contribution in [0.4, 0.5) is 0 Å². The highest BCUT2D eigenvalue weighted by atomic mass is 16.3. The van der Waals surface area contributed by atoms with Crippen LogP contribution < -0.4 is 0 Å². The first-order valence-corrected chi connectivity index (χ1v) is 9.96. The van der Waals surface area contributed by atoms with Crippen molar-refractivity contribution < 1.29 is 10.2 Å². The van der Waals surface area contributed by atoms with Gasteiger partial charge in [0.05, 0.1) is 36.2 Å². The molecule has 0 saturated heterocycles. The van der Waals surface area contributed by atoms with Crippen molar-refractivity contribution >= 4 is 0 Å². The number of aliphatic hydroxyl groups is 2. The normalized spacial score (nSPS) is 44.3. The van der Waals surface area contributed by atoms with Gasteiger partial charge in [-0.1, -0.05) is 18.6 Å². The molecule has 5 atom stereocenters. The molecule has 138 valence electrons. The fraction of sp³-hybridized carbons (Fsp3) is 0.727. The number of hydrogen-bond donors (Lipinski definition) is 2. The van der Waals surface area contributed by atoms with Crippen molar-refractivity contribution in [2.24, 2.45) is 17.3 Å². The van der Waals surface area contributed by atoms with Crippen LogP contribution >= 0.6 is 0 Å². The molecule has 4 rings (SSSR count). The van der Waals surface area contributed by atoms with Crippen molar-refractivity contribution in [2.45, 2.75) is 82.3 Å². The number of allylic oxidation sites excluding steroid dienone is 3. The molecule has 0 radical (unpaired) electrons. The molecule has 0 aliphatic heterocycles. The minimum Gasteiger partial charge on any atom is -0.388 e. The number of fused-ring (bicyclic) bond motifs is 4. The first kappa shape index (κ1) is 17.8. The predicted octanol–water partition coefficient (Wildman–Crippen LogP) is 3.91. The Morgan fingerprint density at radius 1 is 1.12 bits per heavy atom. The Kier molecular flexibility index (Phi) is 4.07. The second-order valence-corrected chi connectivity index (χ2v) is 9.26. The van der Waals surface area contributed by atoms with Crippen molar-refractivity contribution in [1.82, 2.24) is 0 Å². The average Bonchev–Trinajstić information content (AvgIpc) is 2.86. The second-order valence-electron chi connectivity index (χ2n) is 9.26. The van der Waals surface area contributed by atoms with E-state index in [4.69, 9.17) is 5.26 Å². The molecule has 1 fully saturated rings. The Morgan fingerprint density at radius 2 is 1.88 bits per heavy atom. The van der Waals surface area contributed by atoms with Crippen LogP contribution in [0.15, 0.2) is 22.8 Å². The van der Waals surface area contributed by atoms with Crippen LogP contribution in [0.25, 0.3) is 0 Å². The van der Waals surface area contributed by atoms with Crippen molar-refractivity contribution in [3.63, 3.8) is 0 Å². The average molecular weight is 352 g/mol. The quantitative estimate of drug-likeness (QED) is 0.788. The fourth-order valence-corrected chi connectivity index (χ4v) is 6.49. The zero-order valence-electron chi connectivity index (χ0n) is 15.6.